The highest BCUT2D eigenvalue weighted by molar-refractivity contribution is 9.10. The number of imidazole rings is 1. The summed E-state index contributed by atoms with van der Waals surface area (Å²) in [7, 11) is 0. The van der Waals surface area contributed by atoms with Gasteiger partial charge in [0.2, 0.25) is 0 Å². The Morgan fingerprint density at radius 3 is 3.05 bits per heavy atom. The summed E-state index contributed by atoms with van der Waals surface area (Å²) in [6, 6.07) is 6.76. The molecule has 1 N–H and O–H groups in total. The molecule has 1 aromatic carbocycles. The second-order valence-electron chi connectivity index (χ2n) is 5.10. The van der Waals surface area contributed by atoms with Gasteiger partial charge in [-0.1, -0.05) is 18.6 Å². The van der Waals surface area contributed by atoms with Crippen LogP contribution in [0.4, 0.5) is 0 Å². The van der Waals surface area contributed by atoms with Crippen LogP contribution >= 0.6 is 15.9 Å². The van der Waals surface area contributed by atoms with Gasteiger partial charge in [-0.25, -0.2) is 4.98 Å². The van der Waals surface area contributed by atoms with Gasteiger partial charge in [0, 0.05) is 10.5 Å². The molecule has 3 nitrogen and oxygen atoms in total. The van der Waals surface area contributed by atoms with Crippen molar-refractivity contribution in [3.05, 3.63) is 46.5 Å². The van der Waals surface area contributed by atoms with E-state index in [1.54, 1.807) is 0 Å². The maximum Gasteiger partial charge on any atom is 0.0995 e. The molecule has 0 amide bonds. The lowest BCUT2D eigenvalue weighted by atomic mass is 10.0. The third-order valence-electron chi connectivity index (χ3n) is 3.77. The molecule has 1 aliphatic rings. The molecule has 0 aliphatic carbocycles. The molecule has 100 valence electrons. The molecular formula is C15H18BrN3. The van der Waals surface area contributed by atoms with Gasteiger partial charge in [-0.3, -0.25) is 0 Å². The van der Waals surface area contributed by atoms with Crippen LogP contribution in [0.1, 0.15) is 36.6 Å². The average Bonchev–Trinajstić information content (AvgIpc) is 2.92. The molecule has 19 heavy (non-hydrogen) atoms. The SMILES string of the molecule is Cc1cccc(-n2cncc2C2CCCCN2)c1Br. The molecule has 1 aliphatic heterocycles. The van der Waals surface area contributed by atoms with Crippen molar-refractivity contribution >= 4 is 15.9 Å². The molecule has 4 heteroatoms. The summed E-state index contributed by atoms with van der Waals surface area (Å²) < 4.78 is 3.34. The summed E-state index contributed by atoms with van der Waals surface area (Å²) in [6.07, 6.45) is 7.65. The van der Waals surface area contributed by atoms with Gasteiger partial charge < -0.3 is 9.88 Å². The van der Waals surface area contributed by atoms with Crippen molar-refractivity contribution < 1.29 is 0 Å². The first-order valence-electron chi connectivity index (χ1n) is 6.78. The largest absolute Gasteiger partial charge is 0.309 e. The van der Waals surface area contributed by atoms with E-state index in [0.717, 1.165) is 11.0 Å². The molecule has 0 spiro atoms. The summed E-state index contributed by atoms with van der Waals surface area (Å²) in [5, 5.41) is 3.59. The van der Waals surface area contributed by atoms with Crippen molar-refractivity contribution in [3.8, 4) is 5.69 Å². The standard InChI is InChI=1S/C15H18BrN3/c1-11-5-4-7-13(15(11)16)19-10-17-9-14(19)12-6-2-3-8-18-12/h4-5,7,9-10,12,18H,2-3,6,8H2,1H3. The van der Waals surface area contributed by atoms with E-state index in [1.165, 1.54) is 36.2 Å². The van der Waals surface area contributed by atoms with Crippen LogP contribution in [0.15, 0.2) is 35.2 Å². The lowest BCUT2D eigenvalue weighted by Gasteiger charge is -2.24. The van der Waals surface area contributed by atoms with Crippen LogP contribution in [0.3, 0.4) is 0 Å². The maximum atomic E-state index is 4.35. The first-order chi connectivity index (χ1) is 9.27. The molecule has 1 aromatic heterocycles. The molecule has 1 atom stereocenters. The van der Waals surface area contributed by atoms with E-state index in [9.17, 15) is 0 Å². The Balaban J connectivity index is 2.01. The predicted octanol–water partition coefficient (Wildman–Crippen LogP) is 3.76. The fraction of sp³-hybridized carbons (Fsp3) is 0.400. The predicted molar refractivity (Wildman–Crippen MR) is 80.6 cm³/mol. The van der Waals surface area contributed by atoms with E-state index in [1.807, 2.05) is 12.5 Å². The van der Waals surface area contributed by atoms with Gasteiger partial charge in [0.25, 0.3) is 0 Å². The number of aryl methyl sites for hydroxylation is 1. The van der Waals surface area contributed by atoms with Crippen LogP contribution in [0.2, 0.25) is 0 Å². The van der Waals surface area contributed by atoms with Gasteiger partial charge in [0.1, 0.15) is 0 Å². The lowest BCUT2D eigenvalue weighted by molar-refractivity contribution is 0.402. The molecule has 1 fully saturated rings. The van der Waals surface area contributed by atoms with Crippen molar-refractivity contribution in [3.63, 3.8) is 0 Å². The number of aromatic nitrogens is 2. The van der Waals surface area contributed by atoms with E-state index < -0.39 is 0 Å². The topological polar surface area (TPSA) is 29.9 Å². The zero-order valence-electron chi connectivity index (χ0n) is 11.1. The minimum absolute atomic E-state index is 0.420. The second kappa shape index (κ2) is 5.47. The number of nitrogens with zero attached hydrogens (tertiary/aromatic N) is 2. The Morgan fingerprint density at radius 2 is 2.26 bits per heavy atom. The fourth-order valence-electron chi connectivity index (χ4n) is 2.69. The Labute approximate surface area is 122 Å². The van der Waals surface area contributed by atoms with Crippen LogP contribution in [0.25, 0.3) is 5.69 Å². The molecular weight excluding hydrogens is 302 g/mol. The van der Waals surface area contributed by atoms with Gasteiger partial charge in [-0.15, -0.1) is 0 Å². The van der Waals surface area contributed by atoms with Crippen molar-refractivity contribution in [1.29, 1.82) is 0 Å². The van der Waals surface area contributed by atoms with Crippen LogP contribution in [0.5, 0.6) is 0 Å². The number of benzene rings is 1. The van der Waals surface area contributed by atoms with E-state index in [0.29, 0.717) is 6.04 Å². The Kier molecular flexibility index (Phi) is 3.71. The Morgan fingerprint density at radius 1 is 1.37 bits per heavy atom. The van der Waals surface area contributed by atoms with Crippen molar-refractivity contribution in [2.45, 2.75) is 32.2 Å². The molecule has 0 radical (unpaired) electrons. The zero-order valence-corrected chi connectivity index (χ0v) is 12.7. The van der Waals surface area contributed by atoms with Crippen LogP contribution in [0, 0.1) is 6.92 Å². The van der Waals surface area contributed by atoms with Crippen LogP contribution in [-0.2, 0) is 0 Å². The van der Waals surface area contributed by atoms with E-state index in [-0.39, 0.29) is 0 Å². The molecule has 0 saturated carbocycles. The highest BCUT2D eigenvalue weighted by Gasteiger charge is 2.19. The summed E-state index contributed by atoms with van der Waals surface area (Å²) in [5.41, 5.74) is 3.67. The number of halogens is 1. The molecule has 1 saturated heterocycles. The minimum atomic E-state index is 0.420. The molecule has 1 unspecified atom stereocenters. The number of hydrogen-bond donors (Lipinski definition) is 1. The maximum absolute atomic E-state index is 4.35. The summed E-state index contributed by atoms with van der Waals surface area (Å²) in [5.74, 6) is 0. The zero-order chi connectivity index (χ0) is 13.2. The average molecular weight is 320 g/mol. The smallest absolute Gasteiger partial charge is 0.0995 e. The van der Waals surface area contributed by atoms with Gasteiger partial charge in [-0.05, 0) is 53.9 Å². The monoisotopic (exact) mass is 319 g/mol. The van der Waals surface area contributed by atoms with E-state index in [4.69, 9.17) is 0 Å². The quantitative estimate of drug-likeness (QED) is 0.913. The fourth-order valence-corrected chi connectivity index (χ4v) is 3.14. The molecule has 3 rings (SSSR count). The molecule has 2 aromatic rings. The van der Waals surface area contributed by atoms with Gasteiger partial charge in [0.05, 0.1) is 23.9 Å². The third kappa shape index (κ3) is 2.47. The second-order valence-corrected chi connectivity index (χ2v) is 5.89. The van der Waals surface area contributed by atoms with Gasteiger partial charge >= 0.3 is 0 Å². The summed E-state index contributed by atoms with van der Waals surface area (Å²) >= 11 is 3.69. The number of rotatable bonds is 2. The summed E-state index contributed by atoms with van der Waals surface area (Å²) in [6.45, 7) is 3.22. The van der Waals surface area contributed by atoms with Crippen molar-refractivity contribution in [1.82, 2.24) is 14.9 Å². The lowest BCUT2D eigenvalue weighted by Crippen LogP contribution is -2.28. The number of piperidine rings is 1. The molecule has 2 heterocycles. The third-order valence-corrected chi connectivity index (χ3v) is 4.80. The van der Waals surface area contributed by atoms with E-state index >= 15 is 0 Å². The summed E-state index contributed by atoms with van der Waals surface area (Å²) in [4.78, 5) is 4.35. The van der Waals surface area contributed by atoms with Crippen LogP contribution in [-0.4, -0.2) is 16.1 Å². The normalized spacial score (nSPS) is 19.6. The Hall–Kier alpha value is -1.13. The van der Waals surface area contributed by atoms with Crippen molar-refractivity contribution in [2.75, 3.05) is 6.54 Å². The first-order valence-corrected chi connectivity index (χ1v) is 7.58. The number of hydrogen-bond acceptors (Lipinski definition) is 2. The van der Waals surface area contributed by atoms with Gasteiger partial charge in [0.15, 0.2) is 0 Å². The first kappa shape index (κ1) is 12.9. The highest BCUT2D eigenvalue weighted by atomic mass is 79.9. The molecule has 0 bridgehead atoms. The van der Waals surface area contributed by atoms with Crippen molar-refractivity contribution in [2.24, 2.45) is 0 Å². The highest BCUT2D eigenvalue weighted by Crippen LogP contribution is 2.29. The Bertz CT molecular complexity index is 571. The van der Waals surface area contributed by atoms with E-state index in [2.05, 4.69) is 55.9 Å². The van der Waals surface area contributed by atoms with Gasteiger partial charge in [-0.2, -0.15) is 0 Å². The minimum Gasteiger partial charge on any atom is -0.309 e. The number of nitrogens with one attached hydrogen (secondary N) is 1. The van der Waals surface area contributed by atoms with Crippen LogP contribution < -0.4 is 5.32 Å².